The van der Waals surface area contributed by atoms with Gasteiger partial charge in [-0.25, -0.2) is 4.98 Å². The number of fused-ring (bicyclic) bond motifs is 1. The third kappa shape index (κ3) is 1.89. The van der Waals surface area contributed by atoms with Gasteiger partial charge >= 0.3 is 0 Å². The van der Waals surface area contributed by atoms with Crippen molar-refractivity contribution in [2.45, 2.75) is 12.5 Å². The van der Waals surface area contributed by atoms with E-state index in [1.165, 1.54) is 11.5 Å². The Labute approximate surface area is 108 Å². The molecule has 2 heterocycles. The van der Waals surface area contributed by atoms with E-state index in [1.807, 2.05) is 30.6 Å². The molecule has 2 aromatic heterocycles. The molecular weight excluding hydrogens is 246 g/mol. The van der Waals surface area contributed by atoms with Crippen molar-refractivity contribution in [3.8, 4) is 0 Å². The molecule has 0 radical (unpaired) electrons. The lowest BCUT2D eigenvalue weighted by atomic mass is 10.1. The van der Waals surface area contributed by atoms with E-state index >= 15 is 0 Å². The lowest BCUT2D eigenvalue weighted by Gasteiger charge is -2.07. The van der Waals surface area contributed by atoms with Gasteiger partial charge in [-0.3, -0.25) is 0 Å². The van der Waals surface area contributed by atoms with Gasteiger partial charge in [0.25, 0.3) is 0 Å². The minimum Gasteiger partial charge on any atom is -0.331 e. The van der Waals surface area contributed by atoms with Crippen molar-refractivity contribution in [2.75, 3.05) is 0 Å². The zero-order chi connectivity index (χ0) is 12.5. The van der Waals surface area contributed by atoms with E-state index in [9.17, 15) is 0 Å². The summed E-state index contributed by atoms with van der Waals surface area (Å²) in [7, 11) is 2.01. The lowest BCUT2D eigenvalue weighted by molar-refractivity contribution is 0.646. The summed E-state index contributed by atoms with van der Waals surface area (Å²) in [5.74, 6) is 0.969. The summed E-state index contributed by atoms with van der Waals surface area (Å²) in [6.07, 6.45) is 0.663. The molecule has 6 heteroatoms. The zero-order valence-electron chi connectivity index (χ0n) is 9.95. The molecule has 92 valence electrons. The van der Waals surface area contributed by atoms with Crippen molar-refractivity contribution < 1.29 is 0 Å². The number of nitrogens with zero attached hydrogens (tertiary/aromatic N) is 4. The minimum absolute atomic E-state index is 0.153. The molecular formula is C12H13N5S. The Morgan fingerprint density at radius 2 is 2.22 bits per heavy atom. The number of benzene rings is 1. The fraction of sp³-hybridized carbons (Fsp3) is 0.250. The number of imidazole rings is 1. The highest BCUT2D eigenvalue weighted by Gasteiger charge is 2.14. The Kier molecular flexibility index (Phi) is 2.81. The monoisotopic (exact) mass is 259 g/mol. The first kappa shape index (κ1) is 11.3. The predicted octanol–water partition coefficient (Wildman–Crippen LogP) is 1.67. The molecule has 3 rings (SSSR count). The maximum absolute atomic E-state index is 6.11. The van der Waals surface area contributed by atoms with Crippen LogP contribution in [0, 0.1) is 0 Å². The first-order chi connectivity index (χ1) is 8.75. The molecule has 1 atom stereocenters. The van der Waals surface area contributed by atoms with Crippen molar-refractivity contribution >= 4 is 22.6 Å². The molecule has 18 heavy (non-hydrogen) atoms. The second kappa shape index (κ2) is 4.47. The van der Waals surface area contributed by atoms with E-state index in [0.717, 1.165) is 22.6 Å². The molecule has 0 aliphatic rings. The van der Waals surface area contributed by atoms with Gasteiger partial charge in [0.2, 0.25) is 0 Å². The van der Waals surface area contributed by atoms with Crippen LogP contribution < -0.4 is 5.73 Å². The topological polar surface area (TPSA) is 69.6 Å². The van der Waals surface area contributed by atoms with Gasteiger partial charge in [-0.05, 0) is 23.7 Å². The normalized spacial score (nSPS) is 13.0. The molecule has 5 nitrogen and oxygen atoms in total. The molecule has 0 saturated heterocycles. The van der Waals surface area contributed by atoms with E-state index in [1.54, 1.807) is 0 Å². The summed E-state index contributed by atoms with van der Waals surface area (Å²) in [5, 5.41) is 5.88. The Hall–Kier alpha value is -1.79. The van der Waals surface area contributed by atoms with Gasteiger partial charge in [-0.2, -0.15) is 0 Å². The van der Waals surface area contributed by atoms with Crippen molar-refractivity contribution in [1.29, 1.82) is 0 Å². The molecule has 0 spiro atoms. The third-order valence-electron chi connectivity index (χ3n) is 3.04. The van der Waals surface area contributed by atoms with Gasteiger partial charge in [0.15, 0.2) is 0 Å². The standard InChI is InChI=1S/C12H13N5S/c1-17-11-5-3-2-4-9(11)14-12(17)6-8(13)10-7-18-16-15-10/h2-5,7-8H,6,13H2,1H3. The number of para-hydroxylation sites is 2. The largest absolute Gasteiger partial charge is 0.331 e. The predicted molar refractivity (Wildman–Crippen MR) is 71.3 cm³/mol. The van der Waals surface area contributed by atoms with Gasteiger partial charge in [0.05, 0.1) is 22.8 Å². The summed E-state index contributed by atoms with van der Waals surface area (Å²) in [5.41, 5.74) is 9.06. The van der Waals surface area contributed by atoms with Crippen LogP contribution >= 0.6 is 11.5 Å². The molecule has 0 bridgehead atoms. The van der Waals surface area contributed by atoms with Crippen molar-refractivity contribution in [1.82, 2.24) is 19.1 Å². The van der Waals surface area contributed by atoms with Crippen molar-refractivity contribution in [3.05, 3.63) is 41.2 Å². The van der Waals surface area contributed by atoms with Crippen LogP contribution in [0.5, 0.6) is 0 Å². The van der Waals surface area contributed by atoms with E-state index in [2.05, 4.69) is 25.2 Å². The van der Waals surface area contributed by atoms with Crippen LogP contribution in [0.4, 0.5) is 0 Å². The number of nitrogens with two attached hydrogens (primary N) is 1. The fourth-order valence-corrected chi connectivity index (χ4v) is 2.53. The van der Waals surface area contributed by atoms with Gasteiger partial charge < -0.3 is 10.3 Å². The second-order valence-electron chi connectivity index (χ2n) is 4.22. The van der Waals surface area contributed by atoms with E-state index in [4.69, 9.17) is 5.73 Å². The summed E-state index contributed by atoms with van der Waals surface area (Å²) in [6.45, 7) is 0. The van der Waals surface area contributed by atoms with Gasteiger partial charge in [-0.15, -0.1) is 5.10 Å². The second-order valence-corrected chi connectivity index (χ2v) is 4.83. The third-order valence-corrected chi connectivity index (χ3v) is 3.56. The molecule has 2 N–H and O–H groups in total. The quantitative estimate of drug-likeness (QED) is 0.776. The van der Waals surface area contributed by atoms with Crippen LogP contribution in [0.15, 0.2) is 29.6 Å². The van der Waals surface area contributed by atoms with Gasteiger partial charge in [0.1, 0.15) is 5.82 Å². The fourth-order valence-electron chi connectivity index (χ4n) is 2.01. The molecule has 0 saturated carbocycles. The lowest BCUT2D eigenvalue weighted by Crippen LogP contribution is -2.16. The average Bonchev–Trinajstić information content (AvgIpc) is 3.00. The maximum Gasteiger partial charge on any atom is 0.111 e. The summed E-state index contributed by atoms with van der Waals surface area (Å²) < 4.78 is 5.91. The molecule has 1 aromatic carbocycles. The summed E-state index contributed by atoms with van der Waals surface area (Å²) in [6, 6.07) is 7.91. The molecule has 0 fully saturated rings. The zero-order valence-corrected chi connectivity index (χ0v) is 10.8. The van der Waals surface area contributed by atoms with Gasteiger partial charge in [-0.1, -0.05) is 16.6 Å². The highest BCUT2D eigenvalue weighted by Crippen LogP contribution is 2.19. The summed E-state index contributed by atoms with van der Waals surface area (Å²) in [4.78, 5) is 4.60. The summed E-state index contributed by atoms with van der Waals surface area (Å²) >= 11 is 1.32. The molecule has 0 aliphatic heterocycles. The van der Waals surface area contributed by atoms with E-state index in [0.29, 0.717) is 6.42 Å². The average molecular weight is 259 g/mol. The first-order valence-electron chi connectivity index (χ1n) is 5.68. The Bertz CT molecular complexity index is 658. The Balaban J connectivity index is 1.93. The van der Waals surface area contributed by atoms with Crippen LogP contribution in [-0.2, 0) is 13.5 Å². The molecule has 0 amide bonds. The number of rotatable bonds is 3. The van der Waals surface area contributed by atoms with Crippen LogP contribution in [0.1, 0.15) is 17.6 Å². The number of hydrogen-bond donors (Lipinski definition) is 1. The smallest absolute Gasteiger partial charge is 0.111 e. The highest BCUT2D eigenvalue weighted by molar-refractivity contribution is 7.03. The van der Waals surface area contributed by atoms with Crippen LogP contribution in [0.2, 0.25) is 0 Å². The minimum atomic E-state index is -0.153. The molecule has 0 aliphatic carbocycles. The van der Waals surface area contributed by atoms with Crippen LogP contribution in [0.3, 0.4) is 0 Å². The first-order valence-corrected chi connectivity index (χ1v) is 6.52. The Morgan fingerprint density at radius 3 is 2.94 bits per heavy atom. The molecule has 3 aromatic rings. The van der Waals surface area contributed by atoms with Crippen molar-refractivity contribution in [3.63, 3.8) is 0 Å². The molecule has 1 unspecified atom stereocenters. The van der Waals surface area contributed by atoms with Crippen LogP contribution in [-0.4, -0.2) is 19.1 Å². The van der Waals surface area contributed by atoms with Crippen LogP contribution in [0.25, 0.3) is 11.0 Å². The Morgan fingerprint density at radius 1 is 1.39 bits per heavy atom. The number of hydrogen-bond acceptors (Lipinski definition) is 5. The highest BCUT2D eigenvalue weighted by atomic mass is 32.1. The van der Waals surface area contributed by atoms with Gasteiger partial charge in [0, 0.05) is 18.8 Å². The van der Waals surface area contributed by atoms with Crippen molar-refractivity contribution in [2.24, 2.45) is 12.8 Å². The SMILES string of the molecule is Cn1c(CC(N)c2csnn2)nc2ccccc21. The number of aryl methyl sites for hydroxylation is 1. The number of aromatic nitrogens is 4. The van der Waals surface area contributed by atoms with E-state index in [-0.39, 0.29) is 6.04 Å². The maximum atomic E-state index is 6.11. The van der Waals surface area contributed by atoms with E-state index < -0.39 is 0 Å².